The second-order valence-corrected chi connectivity index (χ2v) is 6.53. The van der Waals surface area contributed by atoms with Crippen LogP contribution in [0.2, 0.25) is 0 Å². The Hall–Kier alpha value is -3.22. The Kier molecular flexibility index (Phi) is 6.37. The first kappa shape index (κ1) is 19.5. The number of hydrogen-bond donors (Lipinski definition) is 1. The standard InChI is InChI=1S/C21H23FN4O2/c1-3-19-24-20(28-25-19)17-8-4-15(5-9-17)12-13-23-21(27)26(2)14-16-6-10-18(22)11-7-16/h4-11H,3,12-14H2,1-2H3,(H,23,27). The van der Waals surface area contributed by atoms with Gasteiger partial charge in [-0.2, -0.15) is 4.98 Å². The minimum atomic E-state index is -0.285. The first-order valence-electron chi connectivity index (χ1n) is 9.20. The molecule has 0 unspecified atom stereocenters. The number of halogens is 1. The van der Waals surface area contributed by atoms with Crippen LogP contribution in [0.1, 0.15) is 23.9 Å². The molecule has 0 radical (unpaired) electrons. The van der Waals surface area contributed by atoms with E-state index in [2.05, 4.69) is 15.5 Å². The lowest BCUT2D eigenvalue weighted by molar-refractivity contribution is 0.207. The predicted molar refractivity (Wildman–Crippen MR) is 104 cm³/mol. The smallest absolute Gasteiger partial charge is 0.317 e. The summed E-state index contributed by atoms with van der Waals surface area (Å²) in [6.45, 7) is 2.92. The number of urea groups is 1. The molecule has 2 aromatic carbocycles. The van der Waals surface area contributed by atoms with E-state index in [0.717, 1.165) is 23.1 Å². The van der Waals surface area contributed by atoms with Gasteiger partial charge in [-0.15, -0.1) is 0 Å². The van der Waals surface area contributed by atoms with E-state index in [0.29, 0.717) is 31.2 Å². The van der Waals surface area contributed by atoms with Crippen molar-refractivity contribution in [3.05, 3.63) is 71.3 Å². The number of amides is 2. The molecule has 7 heteroatoms. The maximum absolute atomic E-state index is 12.9. The Morgan fingerprint density at radius 1 is 1.11 bits per heavy atom. The van der Waals surface area contributed by atoms with E-state index in [9.17, 15) is 9.18 Å². The lowest BCUT2D eigenvalue weighted by atomic mass is 10.1. The van der Waals surface area contributed by atoms with Crippen LogP contribution in [0, 0.1) is 5.82 Å². The molecule has 2 amide bonds. The summed E-state index contributed by atoms with van der Waals surface area (Å²) in [6, 6.07) is 13.8. The Bertz CT molecular complexity index is 907. The quantitative estimate of drug-likeness (QED) is 0.674. The first-order valence-corrected chi connectivity index (χ1v) is 9.20. The fraction of sp³-hybridized carbons (Fsp3) is 0.286. The molecule has 0 aliphatic rings. The fourth-order valence-corrected chi connectivity index (χ4v) is 2.71. The van der Waals surface area contributed by atoms with Crippen molar-refractivity contribution in [3.63, 3.8) is 0 Å². The van der Waals surface area contributed by atoms with Gasteiger partial charge < -0.3 is 14.7 Å². The number of nitrogens with one attached hydrogen (secondary N) is 1. The van der Waals surface area contributed by atoms with Crippen molar-refractivity contribution in [2.75, 3.05) is 13.6 Å². The van der Waals surface area contributed by atoms with Crippen molar-refractivity contribution >= 4 is 6.03 Å². The molecule has 1 heterocycles. The zero-order chi connectivity index (χ0) is 19.9. The highest BCUT2D eigenvalue weighted by Crippen LogP contribution is 2.18. The Balaban J connectivity index is 1.46. The second-order valence-electron chi connectivity index (χ2n) is 6.53. The monoisotopic (exact) mass is 382 g/mol. The molecule has 6 nitrogen and oxygen atoms in total. The molecule has 0 aliphatic carbocycles. The van der Waals surface area contributed by atoms with Crippen LogP contribution in [0.15, 0.2) is 53.1 Å². The Morgan fingerprint density at radius 2 is 1.79 bits per heavy atom. The minimum absolute atomic E-state index is 0.168. The third-order valence-corrected chi connectivity index (χ3v) is 4.35. The van der Waals surface area contributed by atoms with Crippen molar-refractivity contribution in [2.24, 2.45) is 0 Å². The molecule has 3 rings (SSSR count). The molecule has 3 aromatic rings. The van der Waals surface area contributed by atoms with Crippen LogP contribution in [-0.2, 0) is 19.4 Å². The SMILES string of the molecule is CCc1noc(-c2ccc(CCNC(=O)N(C)Cc3ccc(F)cc3)cc2)n1. The predicted octanol–water partition coefficient (Wildman–Crippen LogP) is 3.82. The Labute approximate surface area is 163 Å². The summed E-state index contributed by atoms with van der Waals surface area (Å²) in [5.74, 6) is 0.914. The van der Waals surface area contributed by atoms with Crippen molar-refractivity contribution in [2.45, 2.75) is 26.3 Å². The summed E-state index contributed by atoms with van der Waals surface area (Å²) >= 11 is 0. The van der Waals surface area contributed by atoms with Gasteiger partial charge in [-0.3, -0.25) is 0 Å². The zero-order valence-electron chi connectivity index (χ0n) is 16.0. The summed E-state index contributed by atoms with van der Waals surface area (Å²) in [4.78, 5) is 18.1. The van der Waals surface area contributed by atoms with Crippen molar-refractivity contribution in [1.29, 1.82) is 0 Å². The number of benzene rings is 2. The molecule has 1 aromatic heterocycles. The molecule has 1 N–H and O–H groups in total. The Morgan fingerprint density at radius 3 is 2.43 bits per heavy atom. The van der Waals surface area contributed by atoms with E-state index in [-0.39, 0.29) is 11.8 Å². The van der Waals surface area contributed by atoms with Crippen LogP contribution in [0.3, 0.4) is 0 Å². The molecular formula is C21H23FN4O2. The number of hydrogen-bond acceptors (Lipinski definition) is 4. The number of nitrogens with zero attached hydrogens (tertiary/aromatic N) is 3. The van der Waals surface area contributed by atoms with E-state index >= 15 is 0 Å². The van der Waals surface area contributed by atoms with Gasteiger partial charge in [-0.1, -0.05) is 36.3 Å². The van der Waals surface area contributed by atoms with Gasteiger partial charge >= 0.3 is 6.03 Å². The number of carbonyl (C=O) groups is 1. The van der Waals surface area contributed by atoms with E-state index in [4.69, 9.17) is 4.52 Å². The largest absolute Gasteiger partial charge is 0.338 e. The lowest BCUT2D eigenvalue weighted by Crippen LogP contribution is -2.37. The molecule has 146 valence electrons. The average molecular weight is 382 g/mol. The molecule has 0 spiro atoms. The normalized spacial score (nSPS) is 10.7. The van der Waals surface area contributed by atoms with Crippen LogP contribution < -0.4 is 5.32 Å². The summed E-state index contributed by atoms with van der Waals surface area (Å²) in [5.41, 5.74) is 2.85. The number of rotatable bonds is 7. The van der Waals surface area contributed by atoms with Crippen LogP contribution in [-0.4, -0.2) is 34.7 Å². The van der Waals surface area contributed by atoms with Gasteiger partial charge in [0.25, 0.3) is 5.89 Å². The van der Waals surface area contributed by atoms with Gasteiger partial charge in [0.15, 0.2) is 5.82 Å². The molecule has 0 bridgehead atoms. The zero-order valence-corrected chi connectivity index (χ0v) is 16.0. The maximum Gasteiger partial charge on any atom is 0.317 e. The molecular weight excluding hydrogens is 359 g/mol. The topological polar surface area (TPSA) is 71.3 Å². The number of carbonyl (C=O) groups excluding carboxylic acids is 1. The van der Waals surface area contributed by atoms with Crippen molar-refractivity contribution in [3.8, 4) is 11.5 Å². The first-order chi connectivity index (χ1) is 13.5. The van der Waals surface area contributed by atoms with Crippen LogP contribution >= 0.6 is 0 Å². The van der Waals surface area contributed by atoms with Crippen molar-refractivity contribution < 1.29 is 13.7 Å². The summed E-state index contributed by atoms with van der Waals surface area (Å²) < 4.78 is 18.2. The third-order valence-electron chi connectivity index (χ3n) is 4.35. The highest BCUT2D eigenvalue weighted by Gasteiger charge is 2.10. The van der Waals surface area contributed by atoms with E-state index in [1.165, 1.54) is 12.1 Å². The van der Waals surface area contributed by atoms with Gasteiger partial charge in [0.1, 0.15) is 5.82 Å². The minimum Gasteiger partial charge on any atom is -0.338 e. The second kappa shape index (κ2) is 9.12. The molecule has 28 heavy (non-hydrogen) atoms. The summed E-state index contributed by atoms with van der Waals surface area (Å²) in [5, 5.41) is 6.79. The third kappa shape index (κ3) is 5.16. The van der Waals surface area contributed by atoms with E-state index in [1.54, 1.807) is 24.1 Å². The van der Waals surface area contributed by atoms with Crippen molar-refractivity contribution in [1.82, 2.24) is 20.4 Å². The van der Waals surface area contributed by atoms with E-state index < -0.39 is 0 Å². The number of aromatic nitrogens is 2. The van der Waals surface area contributed by atoms with Crippen LogP contribution in [0.5, 0.6) is 0 Å². The summed E-state index contributed by atoms with van der Waals surface area (Å²) in [7, 11) is 1.71. The average Bonchev–Trinajstić information content (AvgIpc) is 3.19. The van der Waals surface area contributed by atoms with Crippen LogP contribution in [0.25, 0.3) is 11.5 Å². The van der Waals surface area contributed by atoms with Gasteiger partial charge in [-0.25, -0.2) is 9.18 Å². The maximum atomic E-state index is 12.9. The highest BCUT2D eigenvalue weighted by molar-refractivity contribution is 5.73. The summed E-state index contributed by atoms with van der Waals surface area (Å²) in [6.07, 6.45) is 1.44. The van der Waals surface area contributed by atoms with Gasteiger partial charge in [-0.05, 0) is 41.8 Å². The lowest BCUT2D eigenvalue weighted by Gasteiger charge is -2.18. The van der Waals surface area contributed by atoms with Gasteiger partial charge in [0.05, 0.1) is 0 Å². The molecule has 0 saturated heterocycles. The molecule has 0 fully saturated rings. The van der Waals surface area contributed by atoms with Gasteiger partial charge in [0.2, 0.25) is 0 Å². The highest BCUT2D eigenvalue weighted by atomic mass is 19.1. The van der Waals surface area contributed by atoms with Gasteiger partial charge in [0, 0.05) is 32.1 Å². The molecule has 0 saturated carbocycles. The molecule has 0 atom stereocenters. The fourth-order valence-electron chi connectivity index (χ4n) is 2.71. The molecule has 0 aliphatic heterocycles. The number of aryl methyl sites for hydroxylation is 1. The van der Waals surface area contributed by atoms with Crippen LogP contribution in [0.4, 0.5) is 9.18 Å². The van der Waals surface area contributed by atoms with E-state index in [1.807, 2.05) is 31.2 Å².